The molecule has 0 spiro atoms. The fourth-order valence-corrected chi connectivity index (χ4v) is 1.32. The van der Waals surface area contributed by atoms with Crippen molar-refractivity contribution in [1.29, 1.82) is 0 Å². The maximum Gasteiger partial charge on any atom is 0.271 e. The Balaban J connectivity index is 2.55. The highest BCUT2D eigenvalue weighted by Crippen LogP contribution is 2.10. The van der Waals surface area contributed by atoms with E-state index in [1.807, 2.05) is 0 Å². The summed E-state index contributed by atoms with van der Waals surface area (Å²) in [6.07, 6.45) is 0. The van der Waals surface area contributed by atoms with E-state index >= 15 is 0 Å². The fraction of sp³-hybridized carbons (Fsp3) is 0.250. The van der Waals surface area contributed by atoms with Crippen LogP contribution in [-0.2, 0) is 4.79 Å². The Hall–Kier alpha value is -1.88. The summed E-state index contributed by atoms with van der Waals surface area (Å²) in [4.78, 5) is 22.4. The van der Waals surface area contributed by atoms with Crippen LogP contribution >= 0.6 is 11.6 Å². The van der Waals surface area contributed by atoms with Gasteiger partial charge in [0.05, 0.1) is 12.3 Å². The minimum absolute atomic E-state index is 0.147. The van der Waals surface area contributed by atoms with Crippen LogP contribution in [0.25, 0.3) is 0 Å². The first-order chi connectivity index (χ1) is 8.49. The highest BCUT2D eigenvalue weighted by atomic mass is 35.5. The van der Waals surface area contributed by atoms with Gasteiger partial charge >= 0.3 is 0 Å². The van der Waals surface area contributed by atoms with E-state index in [-0.39, 0.29) is 11.8 Å². The lowest BCUT2D eigenvalue weighted by molar-refractivity contribution is -0.118. The van der Waals surface area contributed by atoms with Gasteiger partial charge in [-0.05, 0) is 25.1 Å². The lowest BCUT2D eigenvalue weighted by Crippen LogP contribution is -2.28. The van der Waals surface area contributed by atoms with Crippen LogP contribution in [0.2, 0.25) is 5.02 Å². The van der Waals surface area contributed by atoms with Crippen LogP contribution in [0.4, 0.5) is 0 Å². The SMILES string of the molecule is CC(=O)NC/C(C)=N/NC(=O)c1cccc(Cl)c1. The van der Waals surface area contributed by atoms with Crippen LogP contribution in [0.15, 0.2) is 29.4 Å². The molecule has 0 aliphatic heterocycles. The van der Waals surface area contributed by atoms with Crippen LogP contribution in [0, 0.1) is 0 Å². The van der Waals surface area contributed by atoms with E-state index in [1.54, 1.807) is 31.2 Å². The Morgan fingerprint density at radius 3 is 2.67 bits per heavy atom. The van der Waals surface area contributed by atoms with E-state index in [2.05, 4.69) is 15.8 Å². The smallest absolute Gasteiger partial charge is 0.271 e. The number of benzene rings is 1. The molecule has 1 aromatic carbocycles. The summed E-state index contributed by atoms with van der Waals surface area (Å²) in [5.74, 6) is -0.495. The Bertz CT molecular complexity index is 486. The van der Waals surface area contributed by atoms with E-state index in [0.29, 0.717) is 22.8 Å². The summed E-state index contributed by atoms with van der Waals surface area (Å²) in [5, 5.41) is 6.92. The summed E-state index contributed by atoms with van der Waals surface area (Å²) in [6, 6.07) is 6.56. The molecule has 2 N–H and O–H groups in total. The molecular weight excluding hydrogens is 254 g/mol. The van der Waals surface area contributed by atoms with Gasteiger partial charge in [-0.15, -0.1) is 0 Å². The maximum absolute atomic E-state index is 11.7. The van der Waals surface area contributed by atoms with Crippen molar-refractivity contribution in [2.75, 3.05) is 6.54 Å². The first-order valence-corrected chi connectivity index (χ1v) is 5.70. The molecule has 0 radical (unpaired) electrons. The Kier molecular flexibility index (Phi) is 5.32. The third-order valence-corrected chi connectivity index (χ3v) is 2.26. The van der Waals surface area contributed by atoms with Gasteiger partial charge in [-0.3, -0.25) is 9.59 Å². The summed E-state index contributed by atoms with van der Waals surface area (Å²) in [6.45, 7) is 3.41. The molecule has 0 aromatic heterocycles. The van der Waals surface area contributed by atoms with Crippen molar-refractivity contribution in [3.8, 4) is 0 Å². The highest BCUT2D eigenvalue weighted by Gasteiger charge is 2.04. The van der Waals surface area contributed by atoms with E-state index < -0.39 is 0 Å². The van der Waals surface area contributed by atoms with Gasteiger partial charge in [-0.25, -0.2) is 5.43 Å². The average Bonchev–Trinajstić information content (AvgIpc) is 2.33. The van der Waals surface area contributed by atoms with Crippen molar-refractivity contribution in [3.63, 3.8) is 0 Å². The molecule has 5 nitrogen and oxygen atoms in total. The van der Waals surface area contributed by atoms with E-state index in [0.717, 1.165) is 0 Å². The van der Waals surface area contributed by atoms with Gasteiger partial charge in [-0.1, -0.05) is 17.7 Å². The zero-order valence-corrected chi connectivity index (χ0v) is 10.9. The second-order valence-electron chi connectivity index (χ2n) is 3.71. The van der Waals surface area contributed by atoms with Gasteiger partial charge in [0.2, 0.25) is 5.91 Å². The zero-order chi connectivity index (χ0) is 13.5. The fourth-order valence-electron chi connectivity index (χ4n) is 1.13. The van der Waals surface area contributed by atoms with E-state index in [4.69, 9.17) is 11.6 Å². The molecule has 0 unspecified atom stereocenters. The number of amides is 2. The van der Waals surface area contributed by atoms with Gasteiger partial charge in [-0.2, -0.15) is 5.10 Å². The van der Waals surface area contributed by atoms with Crippen molar-refractivity contribution in [2.24, 2.45) is 5.10 Å². The van der Waals surface area contributed by atoms with Crippen LogP contribution in [0.5, 0.6) is 0 Å². The monoisotopic (exact) mass is 267 g/mol. The second kappa shape index (κ2) is 6.76. The van der Waals surface area contributed by atoms with Crippen LogP contribution < -0.4 is 10.7 Å². The second-order valence-corrected chi connectivity index (χ2v) is 4.14. The summed E-state index contributed by atoms with van der Waals surface area (Å²) in [7, 11) is 0. The lowest BCUT2D eigenvalue weighted by Gasteiger charge is -2.03. The quantitative estimate of drug-likeness (QED) is 0.642. The average molecular weight is 268 g/mol. The number of hydrogen-bond donors (Lipinski definition) is 2. The molecule has 0 atom stereocenters. The molecule has 0 heterocycles. The van der Waals surface area contributed by atoms with Crippen LogP contribution in [0.3, 0.4) is 0 Å². The maximum atomic E-state index is 11.7. The molecule has 6 heteroatoms. The van der Waals surface area contributed by atoms with Crippen LogP contribution in [0.1, 0.15) is 24.2 Å². The molecule has 0 saturated carbocycles. The predicted molar refractivity (Wildman–Crippen MR) is 70.7 cm³/mol. The minimum Gasteiger partial charge on any atom is -0.351 e. The van der Waals surface area contributed by atoms with Crippen molar-refractivity contribution < 1.29 is 9.59 Å². The lowest BCUT2D eigenvalue weighted by atomic mass is 10.2. The first-order valence-electron chi connectivity index (χ1n) is 5.32. The van der Waals surface area contributed by atoms with Gasteiger partial charge < -0.3 is 5.32 Å². The molecule has 1 aromatic rings. The molecule has 0 fully saturated rings. The van der Waals surface area contributed by atoms with Crippen molar-refractivity contribution in [2.45, 2.75) is 13.8 Å². The molecule has 0 bridgehead atoms. The van der Waals surface area contributed by atoms with Crippen molar-refractivity contribution in [1.82, 2.24) is 10.7 Å². The Morgan fingerprint density at radius 1 is 1.33 bits per heavy atom. The minimum atomic E-state index is -0.348. The predicted octanol–water partition coefficient (Wildman–Crippen LogP) is 1.58. The summed E-state index contributed by atoms with van der Waals surface area (Å²) >= 11 is 5.77. The van der Waals surface area contributed by atoms with Gasteiger partial charge in [0.25, 0.3) is 5.91 Å². The standard InChI is InChI=1S/C12H14ClN3O2/c1-8(7-14-9(2)17)15-16-12(18)10-4-3-5-11(13)6-10/h3-6H,7H2,1-2H3,(H,14,17)(H,16,18)/b15-8+. The van der Waals surface area contributed by atoms with E-state index in [1.165, 1.54) is 6.92 Å². The zero-order valence-electron chi connectivity index (χ0n) is 10.2. The molecule has 0 aliphatic rings. The van der Waals surface area contributed by atoms with Crippen molar-refractivity contribution >= 4 is 29.1 Å². The normalized spacial score (nSPS) is 10.9. The number of carbonyl (C=O) groups is 2. The topological polar surface area (TPSA) is 70.6 Å². The van der Waals surface area contributed by atoms with Gasteiger partial charge in [0, 0.05) is 17.5 Å². The summed E-state index contributed by atoms with van der Waals surface area (Å²) < 4.78 is 0. The number of hydrogen-bond acceptors (Lipinski definition) is 3. The number of nitrogens with one attached hydrogen (secondary N) is 2. The number of hydrazone groups is 1. The van der Waals surface area contributed by atoms with Gasteiger partial charge in [0.1, 0.15) is 0 Å². The number of halogens is 1. The molecular formula is C12H14ClN3O2. The van der Waals surface area contributed by atoms with Gasteiger partial charge in [0.15, 0.2) is 0 Å². The Labute approximate surface area is 110 Å². The third kappa shape index (κ3) is 4.97. The molecule has 96 valence electrons. The molecule has 2 amide bonds. The van der Waals surface area contributed by atoms with Crippen LogP contribution in [-0.4, -0.2) is 24.1 Å². The van der Waals surface area contributed by atoms with Crippen molar-refractivity contribution in [3.05, 3.63) is 34.9 Å². The third-order valence-electron chi connectivity index (χ3n) is 2.03. The number of carbonyl (C=O) groups excluding carboxylic acids is 2. The molecule has 0 aliphatic carbocycles. The first kappa shape index (κ1) is 14.2. The molecule has 18 heavy (non-hydrogen) atoms. The number of nitrogens with zero attached hydrogens (tertiary/aromatic N) is 1. The molecule has 1 rings (SSSR count). The summed E-state index contributed by atoms with van der Waals surface area (Å²) in [5.41, 5.74) is 3.42. The largest absolute Gasteiger partial charge is 0.351 e. The number of rotatable bonds is 4. The Morgan fingerprint density at radius 2 is 2.06 bits per heavy atom. The van der Waals surface area contributed by atoms with E-state index in [9.17, 15) is 9.59 Å². The molecule has 0 saturated heterocycles. The highest BCUT2D eigenvalue weighted by molar-refractivity contribution is 6.30.